The Hall–Kier alpha value is -1.42. The normalized spacial score (nSPS) is 18.1. The second-order valence-electron chi connectivity index (χ2n) is 5.46. The topological polar surface area (TPSA) is 55.1 Å². The van der Waals surface area contributed by atoms with E-state index in [1.165, 1.54) is 24.6 Å². The quantitative estimate of drug-likeness (QED) is 0.881. The predicted octanol–water partition coefficient (Wildman–Crippen LogP) is 2.53. The summed E-state index contributed by atoms with van der Waals surface area (Å²) in [5.41, 5.74) is 6.75. The van der Waals surface area contributed by atoms with Crippen LogP contribution in [0.15, 0.2) is 18.2 Å². The molecule has 0 radical (unpaired) electrons. The second-order valence-corrected chi connectivity index (χ2v) is 5.46. The van der Waals surface area contributed by atoms with Crippen LogP contribution in [0, 0.1) is 12.7 Å². The second kappa shape index (κ2) is 5.70. The molecule has 0 bridgehead atoms. The monoisotopic (exact) mass is 264 g/mol. The van der Waals surface area contributed by atoms with Crippen LogP contribution in [-0.4, -0.2) is 18.0 Å². The number of carbonyl (C=O) groups is 1. The van der Waals surface area contributed by atoms with Gasteiger partial charge < -0.3 is 11.1 Å². The zero-order valence-corrected chi connectivity index (χ0v) is 11.3. The van der Waals surface area contributed by atoms with E-state index < -0.39 is 0 Å². The number of nitrogens with one attached hydrogen (secondary N) is 1. The average molecular weight is 264 g/mol. The van der Waals surface area contributed by atoms with Crippen LogP contribution in [-0.2, 0) is 0 Å². The van der Waals surface area contributed by atoms with Crippen molar-refractivity contribution in [3.63, 3.8) is 0 Å². The maximum atomic E-state index is 13.1. The molecule has 1 aliphatic carbocycles. The standard InChI is InChI=1S/C15H21FN2O/c1-11-9-12(16)5-6-13(11)14(19)18-15(10-17)7-3-2-4-8-15/h5-6,9H,2-4,7-8,10,17H2,1H3,(H,18,19). The van der Waals surface area contributed by atoms with E-state index in [4.69, 9.17) is 5.73 Å². The van der Waals surface area contributed by atoms with E-state index in [-0.39, 0.29) is 17.3 Å². The molecule has 1 amide bonds. The molecule has 4 heteroatoms. The molecule has 1 aromatic rings. The fourth-order valence-electron chi connectivity index (χ4n) is 2.80. The highest BCUT2D eigenvalue weighted by atomic mass is 19.1. The van der Waals surface area contributed by atoms with Gasteiger partial charge in [0.05, 0.1) is 5.54 Å². The highest BCUT2D eigenvalue weighted by Crippen LogP contribution is 2.27. The number of rotatable bonds is 3. The number of hydrogen-bond donors (Lipinski definition) is 2. The molecule has 3 nitrogen and oxygen atoms in total. The molecule has 0 aliphatic heterocycles. The van der Waals surface area contributed by atoms with Gasteiger partial charge in [-0.3, -0.25) is 4.79 Å². The lowest BCUT2D eigenvalue weighted by Crippen LogP contribution is -2.54. The molecular weight excluding hydrogens is 243 g/mol. The summed E-state index contributed by atoms with van der Waals surface area (Å²) in [5.74, 6) is -0.467. The highest BCUT2D eigenvalue weighted by molar-refractivity contribution is 5.96. The van der Waals surface area contributed by atoms with Gasteiger partial charge in [-0.1, -0.05) is 19.3 Å². The van der Waals surface area contributed by atoms with Gasteiger partial charge in [-0.25, -0.2) is 4.39 Å². The van der Waals surface area contributed by atoms with Gasteiger partial charge in [-0.15, -0.1) is 0 Å². The summed E-state index contributed by atoms with van der Waals surface area (Å²) in [5, 5.41) is 3.07. The number of carbonyl (C=O) groups excluding carboxylic acids is 1. The fourth-order valence-corrected chi connectivity index (χ4v) is 2.80. The number of nitrogens with two attached hydrogens (primary N) is 1. The van der Waals surface area contributed by atoms with E-state index in [0.29, 0.717) is 17.7 Å². The van der Waals surface area contributed by atoms with Crippen LogP contribution < -0.4 is 11.1 Å². The van der Waals surface area contributed by atoms with Crippen molar-refractivity contribution in [2.45, 2.75) is 44.6 Å². The number of halogens is 1. The zero-order valence-electron chi connectivity index (χ0n) is 11.3. The van der Waals surface area contributed by atoms with Gasteiger partial charge in [-0.05, 0) is 43.5 Å². The van der Waals surface area contributed by atoms with E-state index in [1.54, 1.807) is 6.92 Å². The van der Waals surface area contributed by atoms with Gasteiger partial charge >= 0.3 is 0 Å². The third kappa shape index (κ3) is 3.13. The van der Waals surface area contributed by atoms with Crippen molar-refractivity contribution in [3.05, 3.63) is 35.1 Å². The van der Waals surface area contributed by atoms with Crippen LogP contribution in [0.3, 0.4) is 0 Å². The van der Waals surface area contributed by atoms with Crippen molar-refractivity contribution in [1.82, 2.24) is 5.32 Å². The predicted molar refractivity (Wildman–Crippen MR) is 73.5 cm³/mol. The van der Waals surface area contributed by atoms with Gasteiger partial charge in [0.1, 0.15) is 5.82 Å². The van der Waals surface area contributed by atoms with Crippen molar-refractivity contribution in [3.8, 4) is 0 Å². The lowest BCUT2D eigenvalue weighted by atomic mass is 9.81. The maximum absolute atomic E-state index is 13.1. The molecule has 0 heterocycles. The van der Waals surface area contributed by atoms with Crippen molar-refractivity contribution in [1.29, 1.82) is 0 Å². The molecule has 1 aliphatic rings. The Bertz CT molecular complexity index is 467. The van der Waals surface area contributed by atoms with Gasteiger partial charge in [-0.2, -0.15) is 0 Å². The van der Waals surface area contributed by atoms with Gasteiger partial charge in [0.25, 0.3) is 5.91 Å². The van der Waals surface area contributed by atoms with Crippen LogP contribution in [0.5, 0.6) is 0 Å². The SMILES string of the molecule is Cc1cc(F)ccc1C(=O)NC1(CN)CCCCC1. The number of hydrogen-bond acceptors (Lipinski definition) is 2. The molecule has 1 aromatic carbocycles. The number of amides is 1. The first-order valence-electron chi connectivity index (χ1n) is 6.85. The maximum Gasteiger partial charge on any atom is 0.252 e. The zero-order chi connectivity index (χ0) is 13.9. The molecule has 0 spiro atoms. The van der Waals surface area contributed by atoms with Crippen molar-refractivity contribution < 1.29 is 9.18 Å². The van der Waals surface area contributed by atoms with E-state index in [1.807, 2.05) is 0 Å². The Labute approximate surface area is 113 Å². The minimum Gasteiger partial charge on any atom is -0.345 e. The van der Waals surface area contributed by atoms with Crippen LogP contribution in [0.2, 0.25) is 0 Å². The van der Waals surface area contributed by atoms with Gasteiger partial charge in [0, 0.05) is 12.1 Å². The van der Waals surface area contributed by atoms with Gasteiger partial charge in [0.15, 0.2) is 0 Å². The van der Waals surface area contributed by atoms with Crippen molar-refractivity contribution in [2.75, 3.05) is 6.54 Å². The summed E-state index contributed by atoms with van der Waals surface area (Å²) in [7, 11) is 0. The van der Waals surface area contributed by atoms with Crippen molar-refractivity contribution >= 4 is 5.91 Å². The Kier molecular flexibility index (Phi) is 4.20. The summed E-state index contributed by atoms with van der Waals surface area (Å²) in [6.45, 7) is 2.20. The number of aryl methyl sites for hydroxylation is 1. The Morgan fingerprint density at radius 3 is 2.63 bits per heavy atom. The van der Waals surface area contributed by atoms with Crippen LogP contribution >= 0.6 is 0 Å². The summed E-state index contributed by atoms with van der Waals surface area (Å²) < 4.78 is 13.1. The molecule has 0 aromatic heterocycles. The summed E-state index contributed by atoms with van der Waals surface area (Å²) in [4.78, 5) is 12.3. The van der Waals surface area contributed by atoms with E-state index in [9.17, 15) is 9.18 Å². The average Bonchev–Trinajstić information content (AvgIpc) is 2.39. The third-order valence-corrected chi connectivity index (χ3v) is 4.01. The lowest BCUT2D eigenvalue weighted by molar-refractivity contribution is 0.0874. The molecule has 2 rings (SSSR count). The third-order valence-electron chi connectivity index (χ3n) is 4.01. The van der Waals surface area contributed by atoms with Crippen molar-refractivity contribution in [2.24, 2.45) is 5.73 Å². The van der Waals surface area contributed by atoms with Crippen LogP contribution in [0.25, 0.3) is 0 Å². The first-order valence-corrected chi connectivity index (χ1v) is 6.85. The molecule has 1 fully saturated rings. The van der Waals surface area contributed by atoms with Crippen LogP contribution in [0.1, 0.15) is 48.0 Å². The molecule has 0 atom stereocenters. The molecule has 1 saturated carbocycles. The Morgan fingerprint density at radius 1 is 1.37 bits per heavy atom. The molecule has 104 valence electrons. The fraction of sp³-hybridized carbons (Fsp3) is 0.533. The molecule has 0 saturated heterocycles. The molecule has 19 heavy (non-hydrogen) atoms. The summed E-state index contributed by atoms with van der Waals surface area (Å²) >= 11 is 0. The summed E-state index contributed by atoms with van der Waals surface area (Å²) in [6, 6.07) is 4.23. The largest absolute Gasteiger partial charge is 0.345 e. The first-order chi connectivity index (χ1) is 9.06. The minimum atomic E-state index is -0.319. The van der Waals surface area contributed by atoms with E-state index in [2.05, 4.69) is 5.32 Å². The van der Waals surface area contributed by atoms with Gasteiger partial charge in [0.2, 0.25) is 0 Å². The highest BCUT2D eigenvalue weighted by Gasteiger charge is 2.32. The summed E-state index contributed by atoms with van der Waals surface area (Å²) in [6.07, 6.45) is 5.25. The van der Waals surface area contributed by atoms with Crippen LogP contribution in [0.4, 0.5) is 4.39 Å². The van der Waals surface area contributed by atoms with E-state index >= 15 is 0 Å². The minimum absolute atomic E-state index is 0.148. The van der Waals surface area contributed by atoms with E-state index in [0.717, 1.165) is 25.7 Å². The Balaban J connectivity index is 2.15. The molecule has 3 N–H and O–H groups in total. The smallest absolute Gasteiger partial charge is 0.252 e. The molecule has 0 unspecified atom stereocenters. The lowest BCUT2D eigenvalue weighted by Gasteiger charge is -2.37. The molecular formula is C15H21FN2O. The first kappa shape index (κ1) is 14.0. The Morgan fingerprint density at radius 2 is 2.05 bits per heavy atom. The number of benzene rings is 1.